The maximum atomic E-state index is 12.6. The largest absolute Gasteiger partial charge is 0.372 e. The van der Waals surface area contributed by atoms with Gasteiger partial charge in [-0.15, -0.1) is 12.4 Å². The fourth-order valence-electron chi connectivity index (χ4n) is 3.60. The van der Waals surface area contributed by atoms with E-state index in [9.17, 15) is 4.79 Å². The number of amides is 1. The molecule has 0 aromatic rings. The molecule has 19 heavy (non-hydrogen) atoms. The summed E-state index contributed by atoms with van der Waals surface area (Å²) in [6, 6.07) is 0. The molecule has 0 radical (unpaired) electrons. The third kappa shape index (κ3) is 2.91. The Morgan fingerprint density at radius 3 is 2.63 bits per heavy atom. The second-order valence-corrected chi connectivity index (χ2v) is 6.74. The summed E-state index contributed by atoms with van der Waals surface area (Å²) in [5.41, 5.74) is 0.175. The number of nitrogens with one attached hydrogen (secondary N) is 1. The third-order valence-electron chi connectivity index (χ3n) is 4.82. The third-order valence-corrected chi connectivity index (χ3v) is 4.82. The summed E-state index contributed by atoms with van der Waals surface area (Å²) >= 11 is 0. The molecule has 1 amide bonds. The van der Waals surface area contributed by atoms with Gasteiger partial charge in [-0.1, -0.05) is 0 Å². The maximum absolute atomic E-state index is 12.6. The van der Waals surface area contributed by atoms with Crippen LogP contribution in [0, 0.1) is 11.3 Å². The molecule has 3 rings (SSSR count). The molecule has 3 aliphatic rings. The monoisotopic (exact) mass is 288 g/mol. The van der Waals surface area contributed by atoms with Crippen molar-refractivity contribution in [3.05, 3.63) is 0 Å². The molecule has 110 valence electrons. The lowest BCUT2D eigenvalue weighted by Gasteiger charge is -2.38. The number of carbonyl (C=O) groups is 1. The number of morpholine rings is 1. The normalized spacial score (nSPS) is 31.7. The molecule has 5 heteroatoms. The van der Waals surface area contributed by atoms with Crippen LogP contribution in [0.5, 0.6) is 0 Å². The molecule has 1 spiro atoms. The van der Waals surface area contributed by atoms with E-state index in [2.05, 4.69) is 19.2 Å². The molecule has 2 saturated heterocycles. The van der Waals surface area contributed by atoms with Crippen molar-refractivity contribution in [3.63, 3.8) is 0 Å². The van der Waals surface area contributed by atoms with Crippen molar-refractivity contribution in [1.82, 2.24) is 10.2 Å². The van der Waals surface area contributed by atoms with Crippen molar-refractivity contribution in [2.45, 2.75) is 38.7 Å². The SMILES string of the molecule is CC1(C)CN(C(=O)C2CC23CCNCC3)CCO1.Cl. The van der Waals surface area contributed by atoms with Gasteiger partial charge in [-0.2, -0.15) is 0 Å². The summed E-state index contributed by atoms with van der Waals surface area (Å²) in [6.45, 7) is 8.50. The van der Waals surface area contributed by atoms with Crippen LogP contribution in [0.1, 0.15) is 33.1 Å². The van der Waals surface area contributed by atoms with Crippen molar-refractivity contribution < 1.29 is 9.53 Å². The summed E-state index contributed by atoms with van der Waals surface area (Å²) < 4.78 is 5.68. The molecular weight excluding hydrogens is 264 g/mol. The van der Waals surface area contributed by atoms with Gasteiger partial charge >= 0.3 is 0 Å². The molecule has 1 N–H and O–H groups in total. The molecule has 2 aliphatic heterocycles. The van der Waals surface area contributed by atoms with E-state index in [1.54, 1.807) is 0 Å². The molecule has 1 unspecified atom stereocenters. The van der Waals surface area contributed by atoms with Gasteiger partial charge in [0.1, 0.15) is 0 Å². The van der Waals surface area contributed by atoms with Crippen LogP contribution in [0.2, 0.25) is 0 Å². The minimum absolute atomic E-state index is 0. The van der Waals surface area contributed by atoms with Crippen LogP contribution < -0.4 is 5.32 Å². The average Bonchev–Trinajstić information content (AvgIpc) is 3.01. The molecule has 0 aromatic carbocycles. The van der Waals surface area contributed by atoms with Gasteiger partial charge in [0.05, 0.1) is 12.2 Å². The van der Waals surface area contributed by atoms with Gasteiger partial charge in [-0.3, -0.25) is 4.79 Å². The van der Waals surface area contributed by atoms with E-state index in [-0.39, 0.29) is 18.0 Å². The van der Waals surface area contributed by atoms with Gasteiger partial charge in [0.25, 0.3) is 0 Å². The number of hydrogen-bond donors (Lipinski definition) is 1. The summed E-state index contributed by atoms with van der Waals surface area (Å²) in [5, 5.41) is 3.39. The Balaban J connectivity index is 0.00000133. The smallest absolute Gasteiger partial charge is 0.226 e. The number of halogens is 1. The number of ether oxygens (including phenoxy) is 1. The number of rotatable bonds is 1. The molecule has 0 bridgehead atoms. The minimum atomic E-state index is -0.177. The molecule has 1 saturated carbocycles. The molecule has 0 aromatic heterocycles. The van der Waals surface area contributed by atoms with Gasteiger partial charge in [-0.05, 0) is 51.6 Å². The van der Waals surface area contributed by atoms with Crippen LogP contribution in [0.3, 0.4) is 0 Å². The van der Waals surface area contributed by atoms with E-state index >= 15 is 0 Å². The van der Waals surface area contributed by atoms with Crippen molar-refractivity contribution in [3.8, 4) is 0 Å². The fourth-order valence-corrected chi connectivity index (χ4v) is 3.60. The lowest BCUT2D eigenvalue weighted by Crippen LogP contribution is -2.51. The van der Waals surface area contributed by atoms with Crippen molar-refractivity contribution in [2.75, 3.05) is 32.8 Å². The van der Waals surface area contributed by atoms with Gasteiger partial charge in [-0.25, -0.2) is 0 Å². The second-order valence-electron chi connectivity index (χ2n) is 6.74. The average molecular weight is 289 g/mol. The Morgan fingerprint density at radius 1 is 1.32 bits per heavy atom. The van der Waals surface area contributed by atoms with Crippen LogP contribution >= 0.6 is 12.4 Å². The van der Waals surface area contributed by atoms with E-state index in [4.69, 9.17) is 4.74 Å². The molecule has 2 heterocycles. The fraction of sp³-hybridized carbons (Fsp3) is 0.929. The van der Waals surface area contributed by atoms with Gasteiger partial charge in [0, 0.05) is 19.0 Å². The Bertz CT molecular complexity index is 353. The zero-order chi connectivity index (χ0) is 12.8. The van der Waals surface area contributed by atoms with E-state index < -0.39 is 0 Å². The summed E-state index contributed by atoms with van der Waals surface area (Å²) in [5.74, 6) is 0.682. The maximum Gasteiger partial charge on any atom is 0.226 e. The molecule has 1 atom stereocenters. The van der Waals surface area contributed by atoms with E-state index in [1.165, 1.54) is 12.8 Å². The van der Waals surface area contributed by atoms with Crippen molar-refractivity contribution in [2.24, 2.45) is 11.3 Å². The summed E-state index contributed by atoms with van der Waals surface area (Å²) in [4.78, 5) is 14.6. The highest BCUT2D eigenvalue weighted by atomic mass is 35.5. The Hall–Kier alpha value is -0.320. The lowest BCUT2D eigenvalue weighted by atomic mass is 9.91. The predicted octanol–water partition coefficient (Wildman–Crippen LogP) is 1.44. The highest BCUT2D eigenvalue weighted by molar-refractivity contribution is 5.85. The highest BCUT2D eigenvalue weighted by Gasteiger charge is 2.58. The Kier molecular flexibility index (Phi) is 4.15. The summed E-state index contributed by atoms with van der Waals surface area (Å²) in [7, 11) is 0. The predicted molar refractivity (Wildman–Crippen MR) is 76.5 cm³/mol. The molecular formula is C14H25ClN2O2. The quantitative estimate of drug-likeness (QED) is 0.794. The number of hydrogen-bond acceptors (Lipinski definition) is 3. The second kappa shape index (κ2) is 5.23. The summed E-state index contributed by atoms with van der Waals surface area (Å²) in [6.07, 6.45) is 3.47. The van der Waals surface area contributed by atoms with E-state index in [0.717, 1.165) is 32.6 Å². The van der Waals surface area contributed by atoms with Crippen molar-refractivity contribution in [1.29, 1.82) is 0 Å². The van der Waals surface area contributed by atoms with Crippen LogP contribution in [0.25, 0.3) is 0 Å². The number of carbonyl (C=O) groups excluding carboxylic acids is 1. The van der Waals surface area contributed by atoms with E-state index in [1.807, 2.05) is 4.90 Å². The zero-order valence-electron chi connectivity index (χ0n) is 11.9. The van der Waals surface area contributed by atoms with E-state index in [0.29, 0.717) is 23.8 Å². The molecule has 4 nitrogen and oxygen atoms in total. The van der Waals surface area contributed by atoms with Crippen LogP contribution in [0.4, 0.5) is 0 Å². The number of nitrogens with zero attached hydrogens (tertiary/aromatic N) is 1. The van der Waals surface area contributed by atoms with Gasteiger partial charge in [0.2, 0.25) is 5.91 Å². The first-order valence-electron chi connectivity index (χ1n) is 7.16. The Morgan fingerprint density at radius 2 is 2.00 bits per heavy atom. The number of piperidine rings is 1. The zero-order valence-corrected chi connectivity index (χ0v) is 12.7. The van der Waals surface area contributed by atoms with Gasteiger partial charge < -0.3 is 15.0 Å². The first-order chi connectivity index (χ1) is 8.53. The molecule has 1 aliphatic carbocycles. The minimum Gasteiger partial charge on any atom is -0.372 e. The van der Waals surface area contributed by atoms with Crippen molar-refractivity contribution >= 4 is 18.3 Å². The first kappa shape index (κ1) is 15.1. The topological polar surface area (TPSA) is 41.6 Å². The van der Waals surface area contributed by atoms with Crippen LogP contribution in [0.15, 0.2) is 0 Å². The lowest BCUT2D eigenvalue weighted by molar-refractivity contribution is -0.148. The standard InChI is InChI=1S/C14H24N2O2.ClH/c1-13(2)10-16(7-8-18-13)12(17)11-9-14(11)3-5-15-6-4-14;/h11,15H,3-10H2,1-2H3;1H. The molecule has 3 fully saturated rings. The first-order valence-corrected chi connectivity index (χ1v) is 7.16. The highest BCUT2D eigenvalue weighted by Crippen LogP contribution is 2.59. The van der Waals surface area contributed by atoms with Crippen LogP contribution in [-0.2, 0) is 9.53 Å². The van der Waals surface area contributed by atoms with Gasteiger partial charge in [0.15, 0.2) is 0 Å². The Labute approximate surface area is 121 Å². The van der Waals surface area contributed by atoms with Crippen LogP contribution in [-0.4, -0.2) is 49.2 Å².